The molecule has 9 aliphatic carbocycles. The summed E-state index contributed by atoms with van der Waals surface area (Å²) < 4.78 is 0. The largest absolute Gasteiger partial charge is 0.0759 e. The van der Waals surface area contributed by atoms with Crippen molar-refractivity contribution in [2.75, 3.05) is 0 Å². The molecular formula is C98H70. The quantitative estimate of drug-likeness (QED) is 0.135. The third-order valence-corrected chi connectivity index (χ3v) is 23.5. The maximum atomic E-state index is 2.48. The maximum absolute atomic E-state index is 2.48. The van der Waals surface area contributed by atoms with Crippen molar-refractivity contribution in [2.24, 2.45) is 11.8 Å². The molecule has 0 amide bonds. The molecule has 0 nitrogen and oxygen atoms in total. The Kier molecular flexibility index (Phi) is 12.5. The first-order valence-corrected chi connectivity index (χ1v) is 35.1. The van der Waals surface area contributed by atoms with Crippen LogP contribution >= 0.6 is 0 Å². The van der Waals surface area contributed by atoms with E-state index in [1.165, 1.54) is 195 Å². The van der Waals surface area contributed by atoms with Gasteiger partial charge in [0.15, 0.2) is 0 Å². The van der Waals surface area contributed by atoms with Crippen molar-refractivity contribution in [3.8, 4) is 111 Å². The molecule has 0 aromatic heterocycles. The molecule has 3 unspecified atom stereocenters. The summed E-state index contributed by atoms with van der Waals surface area (Å²) in [6.45, 7) is 9.63. The first kappa shape index (κ1) is 56.9. The Labute approximate surface area is 575 Å². The second kappa shape index (κ2) is 21.5. The third kappa shape index (κ3) is 8.83. The van der Waals surface area contributed by atoms with E-state index in [0.717, 1.165) is 6.42 Å². The Morgan fingerprint density at radius 1 is 0.265 bits per heavy atom. The van der Waals surface area contributed by atoms with Crippen LogP contribution in [0.25, 0.3) is 123 Å². The zero-order valence-corrected chi connectivity index (χ0v) is 55.5. The monoisotopic (exact) mass is 1250 g/mol. The molecule has 0 saturated carbocycles. The normalized spacial score (nSPS) is 18.9. The molecule has 3 atom stereocenters. The molecule has 0 N–H and O–H groups in total. The minimum atomic E-state index is -0.166. The highest BCUT2D eigenvalue weighted by Crippen LogP contribution is 2.56. The molecule has 98 heavy (non-hydrogen) atoms. The fourth-order valence-electron chi connectivity index (χ4n) is 18.2. The van der Waals surface area contributed by atoms with E-state index >= 15 is 0 Å². The van der Waals surface area contributed by atoms with Crippen molar-refractivity contribution in [2.45, 2.75) is 50.9 Å². The SMILES string of the molecule is CC1(C)c2cc(-c3ccc(-c4ccc(-c5ccc(C6=C7C=CC8=CC=CC9=CC=C(C=C6)C7C89)cc5)cc4)cc3)ccc2-c2ccc(-c3ccc4c(c3)C(C)(C)c3cc(-c5ccc(-c6ccc(-c7ccc(-c8ccc9c%10c8CC=C8C=CC=C(C=C9)C8%10)cc7)cc6)cc5)ccc3-4)cc21. The number of benzene rings is 11. The number of allylic oxidation sites excluding steroid dienone is 21. The number of hydrogen-bond acceptors (Lipinski definition) is 0. The molecule has 0 spiro atoms. The molecule has 0 fully saturated rings. The second-order valence-corrected chi connectivity index (χ2v) is 29.4. The molecule has 0 bridgehead atoms. The standard InChI is InChI=1S/C98H70/c1-97(2)89-55-77(67-23-19-63(20-24-67)59-11-15-61(16-12-59)65-27-31-69(32-28-65)81-47-39-75-37-35-71-7-5-9-73-41-53-87(81)95(75)93(71)73)43-49-83(89)85-51-45-79(57-91(85)97)80-46-52-86-84-50-44-78(56-90(84)98(3,4)92(86)58-80)68-25-21-64(22-26-68)60-13-17-62(18-14-60)66-29-33-70(34-30-66)82-48-40-76-38-36-72-8-6-10-74-42-54-88(82)96(76)94(72)74/h5-53,55-58,93-95H,54H2,1-4H3. The fraction of sp³-hybridized carbons (Fsp3) is 0.102. The molecule has 0 radical (unpaired) electrons. The van der Waals surface area contributed by atoms with Crippen LogP contribution in [0.2, 0.25) is 0 Å². The highest BCUT2D eigenvalue weighted by atomic mass is 14.4. The Bertz CT molecular complexity index is 5660. The van der Waals surface area contributed by atoms with Gasteiger partial charge in [0.25, 0.3) is 0 Å². The Morgan fingerprint density at radius 3 is 1.06 bits per heavy atom. The number of rotatable bonds is 9. The molecule has 462 valence electrons. The van der Waals surface area contributed by atoms with Crippen LogP contribution in [0.1, 0.15) is 78.1 Å². The van der Waals surface area contributed by atoms with E-state index in [0.29, 0.717) is 17.8 Å². The van der Waals surface area contributed by atoms with Crippen LogP contribution < -0.4 is 0 Å². The van der Waals surface area contributed by atoms with Gasteiger partial charge in [-0.3, -0.25) is 0 Å². The van der Waals surface area contributed by atoms with Crippen LogP contribution in [0.5, 0.6) is 0 Å². The lowest BCUT2D eigenvalue weighted by Gasteiger charge is -2.40. The summed E-state index contributed by atoms with van der Waals surface area (Å²) in [5.41, 5.74) is 45.9. The van der Waals surface area contributed by atoms with Crippen molar-refractivity contribution < 1.29 is 0 Å². The molecule has 0 heterocycles. The summed E-state index contributed by atoms with van der Waals surface area (Å²) in [7, 11) is 0. The van der Waals surface area contributed by atoms with Crippen LogP contribution in [0.3, 0.4) is 0 Å². The van der Waals surface area contributed by atoms with Gasteiger partial charge in [-0.1, -0.05) is 325 Å². The van der Waals surface area contributed by atoms with Gasteiger partial charge in [-0.2, -0.15) is 0 Å². The second-order valence-electron chi connectivity index (χ2n) is 29.4. The van der Waals surface area contributed by atoms with Crippen LogP contribution in [-0.2, 0) is 17.3 Å². The van der Waals surface area contributed by atoms with Crippen molar-refractivity contribution in [3.05, 3.63) is 394 Å². The van der Waals surface area contributed by atoms with Crippen LogP contribution in [0.4, 0.5) is 0 Å². The molecule has 11 aromatic carbocycles. The summed E-state index contributed by atoms with van der Waals surface area (Å²) in [5, 5.41) is 0. The summed E-state index contributed by atoms with van der Waals surface area (Å²) in [6.07, 6.45) is 35.5. The molecule has 0 heteroatoms. The van der Waals surface area contributed by atoms with Gasteiger partial charge in [0.2, 0.25) is 0 Å². The van der Waals surface area contributed by atoms with Gasteiger partial charge in [0.1, 0.15) is 0 Å². The first-order valence-electron chi connectivity index (χ1n) is 35.1. The van der Waals surface area contributed by atoms with Crippen molar-refractivity contribution in [1.29, 1.82) is 0 Å². The van der Waals surface area contributed by atoms with Gasteiger partial charge < -0.3 is 0 Å². The lowest BCUT2D eigenvalue weighted by Crippen LogP contribution is -2.29. The lowest BCUT2D eigenvalue weighted by molar-refractivity contribution is 0.566. The van der Waals surface area contributed by atoms with E-state index in [-0.39, 0.29) is 10.8 Å². The Morgan fingerprint density at radius 2 is 0.602 bits per heavy atom. The number of hydrogen-bond donors (Lipinski definition) is 0. The average Bonchev–Trinajstić information content (AvgIpc) is 1.41. The van der Waals surface area contributed by atoms with E-state index < -0.39 is 0 Å². The highest BCUT2D eigenvalue weighted by molar-refractivity contribution is 5.91. The summed E-state index contributed by atoms with van der Waals surface area (Å²) >= 11 is 0. The van der Waals surface area contributed by atoms with Crippen molar-refractivity contribution in [1.82, 2.24) is 0 Å². The van der Waals surface area contributed by atoms with Gasteiger partial charge in [-0.05, 0) is 225 Å². The van der Waals surface area contributed by atoms with Crippen LogP contribution in [-0.4, -0.2) is 0 Å². The van der Waals surface area contributed by atoms with Crippen LogP contribution in [0.15, 0.2) is 349 Å². The van der Waals surface area contributed by atoms with Gasteiger partial charge in [-0.25, -0.2) is 0 Å². The fourth-order valence-corrected chi connectivity index (χ4v) is 18.2. The summed E-state index contributed by atoms with van der Waals surface area (Å²) in [4.78, 5) is 0. The minimum Gasteiger partial charge on any atom is -0.0759 e. The third-order valence-electron chi connectivity index (χ3n) is 23.5. The van der Waals surface area contributed by atoms with Crippen LogP contribution in [0, 0.1) is 11.8 Å². The zero-order chi connectivity index (χ0) is 65.1. The van der Waals surface area contributed by atoms with Gasteiger partial charge >= 0.3 is 0 Å². The Hall–Kier alpha value is -11.4. The van der Waals surface area contributed by atoms with E-state index in [2.05, 4.69) is 349 Å². The van der Waals surface area contributed by atoms with Gasteiger partial charge in [0.05, 0.1) is 0 Å². The van der Waals surface area contributed by atoms with Crippen molar-refractivity contribution in [3.63, 3.8) is 0 Å². The van der Waals surface area contributed by atoms with Gasteiger partial charge in [0, 0.05) is 28.6 Å². The molecule has 0 aliphatic heterocycles. The molecule has 0 saturated heterocycles. The zero-order valence-electron chi connectivity index (χ0n) is 55.5. The predicted octanol–water partition coefficient (Wildman–Crippen LogP) is 25.2. The summed E-state index contributed by atoms with van der Waals surface area (Å²) in [5.74, 6) is 1.16. The highest BCUT2D eigenvalue weighted by Gasteiger charge is 2.41. The average molecular weight is 1250 g/mol. The Balaban J connectivity index is 0.496. The first-order chi connectivity index (χ1) is 48.0. The van der Waals surface area contributed by atoms with E-state index in [1.54, 1.807) is 0 Å². The van der Waals surface area contributed by atoms with E-state index in [4.69, 9.17) is 0 Å². The molecule has 11 aromatic rings. The smallest absolute Gasteiger partial charge is 0.0345 e. The predicted molar refractivity (Wildman–Crippen MR) is 411 cm³/mol. The summed E-state index contributed by atoms with van der Waals surface area (Å²) in [6, 6.07) is 88.1. The maximum Gasteiger partial charge on any atom is 0.0345 e. The van der Waals surface area contributed by atoms with E-state index in [1.807, 2.05) is 0 Å². The molecule has 20 rings (SSSR count). The lowest BCUT2D eigenvalue weighted by atomic mass is 9.63. The topological polar surface area (TPSA) is 0 Å². The molecular weight excluding hydrogens is 1180 g/mol. The van der Waals surface area contributed by atoms with Gasteiger partial charge in [-0.15, -0.1) is 0 Å². The number of fused-ring (bicyclic) bond motifs is 6. The van der Waals surface area contributed by atoms with Crippen molar-refractivity contribution >= 4 is 11.6 Å². The minimum absolute atomic E-state index is 0.166. The van der Waals surface area contributed by atoms with E-state index in [9.17, 15) is 0 Å². The molecule has 9 aliphatic rings.